The van der Waals surface area contributed by atoms with Gasteiger partial charge in [-0.2, -0.15) is 0 Å². The highest BCUT2D eigenvalue weighted by atomic mass is 19.1. The Kier molecular flexibility index (Phi) is 3.96. The largest absolute Gasteiger partial charge is 0.348 e. The van der Waals surface area contributed by atoms with Crippen molar-refractivity contribution < 1.29 is 9.18 Å². The smallest absolute Gasteiger partial charge is 0.244 e. The number of pyridine rings is 1. The normalized spacial score (nSPS) is 11.1. The standard InChI is InChI=1S/C17H14FN3O/c18-15-6-2-1-5-13(15)11-20-17(22)9-8-14-12-19-16-7-3-4-10-21(14)16/h1-10,12H,11H2,(H,20,22)/b9-8+. The molecule has 2 heterocycles. The lowest BCUT2D eigenvalue weighted by Crippen LogP contribution is -2.20. The van der Waals surface area contributed by atoms with Crippen LogP contribution >= 0.6 is 0 Å². The third kappa shape index (κ3) is 3.03. The predicted molar refractivity (Wildman–Crippen MR) is 82.5 cm³/mol. The van der Waals surface area contributed by atoms with Crippen molar-refractivity contribution in [2.45, 2.75) is 6.54 Å². The van der Waals surface area contributed by atoms with Gasteiger partial charge in [0.05, 0.1) is 11.9 Å². The van der Waals surface area contributed by atoms with Crippen LogP contribution in [0.5, 0.6) is 0 Å². The highest BCUT2D eigenvalue weighted by Crippen LogP contribution is 2.08. The summed E-state index contributed by atoms with van der Waals surface area (Å²) in [7, 11) is 0. The number of carbonyl (C=O) groups is 1. The second-order valence-corrected chi connectivity index (χ2v) is 4.75. The maximum Gasteiger partial charge on any atom is 0.244 e. The molecule has 1 N–H and O–H groups in total. The van der Waals surface area contributed by atoms with Gasteiger partial charge in [0.25, 0.3) is 0 Å². The molecule has 22 heavy (non-hydrogen) atoms. The number of halogens is 1. The minimum absolute atomic E-state index is 0.156. The molecule has 0 aliphatic carbocycles. The van der Waals surface area contributed by atoms with Crippen molar-refractivity contribution in [3.05, 3.63) is 78.0 Å². The first kappa shape index (κ1) is 14.0. The maximum atomic E-state index is 13.4. The summed E-state index contributed by atoms with van der Waals surface area (Å²) in [6.45, 7) is 0.156. The fraction of sp³-hybridized carbons (Fsp3) is 0.0588. The zero-order valence-electron chi connectivity index (χ0n) is 11.7. The fourth-order valence-electron chi connectivity index (χ4n) is 2.12. The number of hydrogen-bond donors (Lipinski definition) is 1. The van der Waals surface area contributed by atoms with Gasteiger partial charge in [0.2, 0.25) is 5.91 Å². The van der Waals surface area contributed by atoms with E-state index in [0.717, 1.165) is 11.3 Å². The summed E-state index contributed by atoms with van der Waals surface area (Å²) in [5.41, 5.74) is 2.07. The number of hydrogen-bond acceptors (Lipinski definition) is 2. The summed E-state index contributed by atoms with van der Waals surface area (Å²) in [5.74, 6) is -0.609. The monoisotopic (exact) mass is 295 g/mol. The molecule has 0 atom stereocenters. The van der Waals surface area contributed by atoms with E-state index < -0.39 is 0 Å². The second kappa shape index (κ2) is 6.22. The Morgan fingerprint density at radius 3 is 2.91 bits per heavy atom. The predicted octanol–water partition coefficient (Wildman–Crippen LogP) is 2.80. The van der Waals surface area contributed by atoms with E-state index >= 15 is 0 Å². The van der Waals surface area contributed by atoms with E-state index in [9.17, 15) is 9.18 Å². The number of aromatic nitrogens is 2. The third-order valence-electron chi connectivity index (χ3n) is 3.26. The Balaban J connectivity index is 1.65. The molecule has 0 saturated heterocycles. The quantitative estimate of drug-likeness (QED) is 0.752. The van der Waals surface area contributed by atoms with Gasteiger partial charge < -0.3 is 9.72 Å². The van der Waals surface area contributed by atoms with Gasteiger partial charge in [-0.15, -0.1) is 0 Å². The van der Waals surface area contributed by atoms with Gasteiger partial charge in [0.1, 0.15) is 11.5 Å². The van der Waals surface area contributed by atoms with Crippen LogP contribution in [-0.2, 0) is 11.3 Å². The molecule has 0 unspecified atom stereocenters. The van der Waals surface area contributed by atoms with Crippen molar-refractivity contribution in [3.63, 3.8) is 0 Å². The topological polar surface area (TPSA) is 46.4 Å². The molecule has 110 valence electrons. The highest BCUT2D eigenvalue weighted by molar-refractivity contribution is 5.91. The van der Waals surface area contributed by atoms with Crippen LogP contribution in [0.2, 0.25) is 0 Å². The van der Waals surface area contributed by atoms with Crippen molar-refractivity contribution in [2.75, 3.05) is 0 Å². The molecule has 0 fully saturated rings. The number of rotatable bonds is 4. The summed E-state index contributed by atoms with van der Waals surface area (Å²) >= 11 is 0. The highest BCUT2D eigenvalue weighted by Gasteiger charge is 2.03. The van der Waals surface area contributed by atoms with Gasteiger partial charge in [-0.3, -0.25) is 4.79 Å². The zero-order chi connectivity index (χ0) is 15.4. The van der Waals surface area contributed by atoms with Gasteiger partial charge in [0.15, 0.2) is 0 Å². The first-order valence-corrected chi connectivity index (χ1v) is 6.85. The first-order valence-electron chi connectivity index (χ1n) is 6.85. The average molecular weight is 295 g/mol. The van der Waals surface area contributed by atoms with Crippen molar-refractivity contribution in [3.8, 4) is 0 Å². The van der Waals surface area contributed by atoms with Gasteiger partial charge >= 0.3 is 0 Å². The van der Waals surface area contributed by atoms with Crippen LogP contribution < -0.4 is 5.32 Å². The van der Waals surface area contributed by atoms with Crippen LogP contribution in [0.25, 0.3) is 11.7 Å². The minimum Gasteiger partial charge on any atom is -0.348 e. The lowest BCUT2D eigenvalue weighted by molar-refractivity contribution is -0.116. The summed E-state index contributed by atoms with van der Waals surface area (Å²) in [6, 6.07) is 12.0. The Morgan fingerprint density at radius 2 is 2.05 bits per heavy atom. The maximum absolute atomic E-state index is 13.4. The molecule has 1 aromatic carbocycles. The zero-order valence-corrected chi connectivity index (χ0v) is 11.7. The molecule has 0 aliphatic heterocycles. The number of benzene rings is 1. The van der Waals surface area contributed by atoms with E-state index in [1.807, 2.05) is 28.8 Å². The molecular formula is C17H14FN3O. The summed E-state index contributed by atoms with van der Waals surface area (Å²) in [5, 5.41) is 2.65. The van der Waals surface area contributed by atoms with Crippen LogP contribution in [0.4, 0.5) is 4.39 Å². The fourth-order valence-corrected chi connectivity index (χ4v) is 2.12. The molecule has 4 nitrogen and oxygen atoms in total. The lowest BCUT2D eigenvalue weighted by Gasteiger charge is -2.03. The molecule has 5 heteroatoms. The number of amides is 1. The number of nitrogens with zero attached hydrogens (tertiary/aromatic N) is 2. The lowest BCUT2D eigenvalue weighted by atomic mass is 10.2. The average Bonchev–Trinajstić information content (AvgIpc) is 2.95. The molecule has 2 aromatic heterocycles. The summed E-state index contributed by atoms with van der Waals surface area (Å²) in [4.78, 5) is 16.0. The van der Waals surface area contributed by atoms with Crippen molar-refractivity contribution in [2.24, 2.45) is 0 Å². The van der Waals surface area contributed by atoms with E-state index in [-0.39, 0.29) is 18.3 Å². The van der Waals surface area contributed by atoms with Crippen molar-refractivity contribution in [1.29, 1.82) is 0 Å². The second-order valence-electron chi connectivity index (χ2n) is 4.75. The van der Waals surface area contributed by atoms with Gasteiger partial charge in [-0.25, -0.2) is 9.37 Å². The Hall–Kier alpha value is -2.95. The number of nitrogens with one attached hydrogen (secondary N) is 1. The Labute approximate surface area is 126 Å². The molecule has 3 rings (SSSR count). The molecule has 0 aliphatic rings. The van der Waals surface area contributed by atoms with E-state index in [1.54, 1.807) is 30.5 Å². The van der Waals surface area contributed by atoms with E-state index in [1.165, 1.54) is 12.1 Å². The molecular weight excluding hydrogens is 281 g/mol. The van der Waals surface area contributed by atoms with E-state index in [0.29, 0.717) is 5.56 Å². The number of fused-ring (bicyclic) bond motifs is 1. The number of carbonyl (C=O) groups excluding carboxylic acids is 1. The Bertz CT molecular complexity index is 839. The SMILES string of the molecule is O=C(/C=C/c1cnc2ccccn12)NCc1ccccc1F. The van der Waals surface area contributed by atoms with Crippen molar-refractivity contribution >= 4 is 17.6 Å². The van der Waals surface area contributed by atoms with Crippen LogP contribution in [0, 0.1) is 5.82 Å². The minimum atomic E-state index is -0.325. The van der Waals surface area contributed by atoms with Crippen LogP contribution in [0.15, 0.2) is 60.9 Å². The van der Waals surface area contributed by atoms with Crippen LogP contribution in [-0.4, -0.2) is 15.3 Å². The van der Waals surface area contributed by atoms with Gasteiger partial charge in [0, 0.05) is 24.4 Å². The molecule has 0 saturated carbocycles. The Morgan fingerprint density at radius 1 is 1.23 bits per heavy atom. The molecule has 3 aromatic rings. The molecule has 0 spiro atoms. The van der Waals surface area contributed by atoms with Crippen molar-refractivity contribution in [1.82, 2.24) is 14.7 Å². The summed E-state index contributed by atoms with van der Waals surface area (Å²) in [6.07, 6.45) is 6.66. The van der Waals surface area contributed by atoms with Crippen LogP contribution in [0.3, 0.4) is 0 Å². The number of imidazole rings is 1. The van der Waals surface area contributed by atoms with Gasteiger partial charge in [-0.05, 0) is 24.3 Å². The molecule has 1 amide bonds. The van der Waals surface area contributed by atoms with E-state index in [2.05, 4.69) is 10.3 Å². The van der Waals surface area contributed by atoms with Gasteiger partial charge in [-0.1, -0.05) is 24.3 Å². The molecule has 0 radical (unpaired) electrons. The first-order chi connectivity index (χ1) is 10.7. The third-order valence-corrected chi connectivity index (χ3v) is 3.26. The summed E-state index contributed by atoms with van der Waals surface area (Å²) < 4.78 is 15.3. The van der Waals surface area contributed by atoms with Crippen LogP contribution in [0.1, 0.15) is 11.3 Å². The molecule has 0 bridgehead atoms. The van der Waals surface area contributed by atoms with E-state index in [4.69, 9.17) is 0 Å².